The van der Waals surface area contributed by atoms with Crippen molar-refractivity contribution in [2.75, 3.05) is 6.61 Å². The molecule has 0 bridgehead atoms. The van der Waals surface area contributed by atoms with Crippen molar-refractivity contribution in [2.24, 2.45) is 0 Å². The van der Waals surface area contributed by atoms with E-state index >= 15 is 0 Å². The average Bonchev–Trinajstić information content (AvgIpc) is 2.27. The quantitative estimate of drug-likeness (QED) is 0.478. The van der Waals surface area contributed by atoms with Gasteiger partial charge < -0.3 is 0 Å². The number of ether oxygens (including phenoxy) is 1. The zero-order chi connectivity index (χ0) is 11.1. The van der Waals surface area contributed by atoms with Gasteiger partial charge in [-0.25, -0.2) is 0 Å². The van der Waals surface area contributed by atoms with Crippen molar-refractivity contribution in [2.45, 2.75) is 13.8 Å². The number of hydrogen-bond acceptors (Lipinski definition) is 2. The van der Waals surface area contributed by atoms with E-state index < -0.39 is 20.9 Å². The first kappa shape index (κ1) is 12.3. The van der Waals surface area contributed by atoms with Gasteiger partial charge in [0.05, 0.1) is 0 Å². The summed E-state index contributed by atoms with van der Waals surface area (Å²) in [6, 6.07) is 10.1. The van der Waals surface area contributed by atoms with E-state index in [0.29, 0.717) is 6.61 Å². The van der Waals surface area contributed by atoms with Gasteiger partial charge in [0.15, 0.2) is 0 Å². The zero-order valence-electron chi connectivity index (χ0n) is 8.90. The summed E-state index contributed by atoms with van der Waals surface area (Å²) in [7, 11) is 0. The molecule has 0 aliphatic carbocycles. The predicted molar refractivity (Wildman–Crippen MR) is 62.2 cm³/mol. The van der Waals surface area contributed by atoms with Crippen molar-refractivity contribution in [3.05, 3.63) is 40.0 Å². The van der Waals surface area contributed by atoms with Crippen LogP contribution < -0.4 is 3.61 Å². The zero-order valence-corrected chi connectivity index (χ0v) is 11.2. The average molecular weight is 318 g/mol. The molecule has 2 nitrogen and oxygen atoms in total. The number of carbonyl (C=O) groups excluding carboxylic acids is 1. The first-order chi connectivity index (χ1) is 7.27. The van der Waals surface area contributed by atoms with Crippen LogP contribution in [0, 0.1) is 0 Å². The monoisotopic (exact) mass is 320 g/mol. The Morgan fingerprint density at radius 1 is 1.40 bits per heavy atom. The molecular formula is C12H14O2Te. The molecule has 0 saturated heterocycles. The molecule has 1 rings (SSSR count). The second-order valence-electron chi connectivity index (χ2n) is 2.79. The van der Waals surface area contributed by atoms with Gasteiger partial charge in [-0.2, -0.15) is 0 Å². The van der Waals surface area contributed by atoms with Crippen LogP contribution in [0.15, 0.2) is 40.0 Å². The number of benzene rings is 1. The maximum absolute atomic E-state index is 11.5. The van der Waals surface area contributed by atoms with Crippen LogP contribution >= 0.6 is 0 Å². The van der Waals surface area contributed by atoms with Crippen molar-refractivity contribution in [1.29, 1.82) is 0 Å². The SMILES string of the molecule is C/C=C(\[Te]c1ccccc1)C(=O)OCC. The topological polar surface area (TPSA) is 26.3 Å². The first-order valence-electron chi connectivity index (χ1n) is 4.84. The molecule has 1 aromatic carbocycles. The maximum atomic E-state index is 11.5. The van der Waals surface area contributed by atoms with Gasteiger partial charge in [0.2, 0.25) is 0 Å². The van der Waals surface area contributed by atoms with E-state index in [2.05, 4.69) is 12.1 Å². The molecule has 0 radical (unpaired) electrons. The first-order valence-corrected chi connectivity index (χ1v) is 7.17. The molecule has 0 unspecified atom stereocenters. The normalized spacial score (nSPS) is 11.2. The van der Waals surface area contributed by atoms with Gasteiger partial charge in [-0.1, -0.05) is 0 Å². The van der Waals surface area contributed by atoms with Crippen LogP contribution in [0.4, 0.5) is 0 Å². The molecule has 0 heterocycles. The Hall–Kier alpha value is -0.780. The second-order valence-corrected chi connectivity index (χ2v) is 5.97. The van der Waals surface area contributed by atoms with E-state index in [-0.39, 0.29) is 5.97 Å². The summed E-state index contributed by atoms with van der Waals surface area (Å²) in [5.74, 6) is -0.161. The van der Waals surface area contributed by atoms with Gasteiger partial charge in [-0.15, -0.1) is 0 Å². The fourth-order valence-electron chi connectivity index (χ4n) is 1.04. The van der Waals surface area contributed by atoms with Crippen LogP contribution in [0.2, 0.25) is 0 Å². The molecule has 0 N–H and O–H groups in total. The summed E-state index contributed by atoms with van der Waals surface area (Å²) < 4.78 is 7.09. The number of hydrogen-bond donors (Lipinski definition) is 0. The molecule has 15 heavy (non-hydrogen) atoms. The number of rotatable bonds is 4. The summed E-state index contributed by atoms with van der Waals surface area (Å²) in [5.41, 5.74) is 0. The fourth-order valence-corrected chi connectivity index (χ4v) is 3.34. The van der Waals surface area contributed by atoms with Crippen LogP contribution in [0.1, 0.15) is 13.8 Å². The Labute approximate surface area is 100 Å². The molecule has 0 amide bonds. The third-order valence-corrected chi connectivity index (χ3v) is 4.94. The minimum atomic E-state index is -0.595. The summed E-state index contributed by atoms with van der Waals surface area (Å²) >= 11 is -0.595. The summed E-state index contributed by atoms with van der Waals surface area (Å²) in [6.45, 7) is 4.16. The molecule has 0 atom stereocenters. The van der Waals surface area contributed by atoms with Gasteiger partial charge in [0, 0.05) is 0 Å². The Kier molecular flexibility index (Phi) is 5.45. The summed E-state index contributed by atoms with van der Waals surface area (Å²) in [5, 5.41) is 0. The van der Waals surface area contributed by atoms with Crippen molar-refractivity contribution in [1.82, 2.24) is 0 Å². The van der Waals surface area contributed by atoms with Gasteiger partial charge in [0.25, 0.3) is 0 Å². The Morgan fingerprint density at radius 3 is 2.60 bits per heavy atom. The van der Waals surface area contributed by atoms with E-state index in [0.717, 1.165) is 3.62 Å². The molecule has 1 aromatic rings. The fraction of sp³-hybridized carbons (Fsp3) is 0.250. The van der Waals surface area contributed by atoms with E-state index in [9.17, 15) is 4.79 Å². The Bertz CT molecular complexity index is 344. The molecule has 0 fully saturated rings. The Morgan fingerprint density at radius 2 is 2.07 bits per heavy atom. The van der Waals surface area contributed by atoms with E-state index in [4.69, 9.17) is 4.74 Å². The second kappa shape index (κ2) is 6.66. The predicted octanol–water partition coefficient (Wildman–Crippen LogP) is 1.48. The van der Waals surface area contributed by atoms with Crippen LogP contribution in [-0.4, -0.2) is 33.5 Å². The molecular weight excluding hydrogens is 304 g/mol. The van der Waals surface area contributed by atoms with Crippen molar-refractivity contribution < 1.29 is 9.53 Å². The molecule has 0 aliphatic rings. The van der Waals surface area contributed by atoms with Gasteiger partial charge in [-0.3, -0.25) is 0 Å². The summed E-state index contributed by atoms with van der Waals surface area (Å²) in [4.78, 5) is 11.5. The van der Waals surface area contributed by atoms with Crippen molar-refractivity contribution >= 4 is 30.5 Å². The number of carbonyl (C=O) groups is 1. The van der Waals surface area contributed by atoms with Gasteiger partial charge in [-0.05, 0) is 0 Å². The van der Waals surface area contributed by atoms with Crippen molar-refractivity contribution in [3.63, 3.8) is 0 Å². The van der Waals surface area contributed by atoms with Crippen LogP contribution in [-0.2, 0) is 9.53 Å². The summed E-state index contributed by atoms with van der Waals surface area (Å²) in [6.07, 6.45) is 1.87. The van der Waals surface area contributed by atoms with Crippen molar-refractivity contribution in [3.8, 4) is 0 Å². The van der Waals surface area contributed by atoms with E-state index in [1.807, 2.05) is 38.1 Å². The molecule has 0 spiro atoms. The van der Waals surface area contributed by atoms with E-state index in [1.54, 1.807) is 0 Å². The molecule has 0 aromatic heterocycles. The van der Waals surface area contributed by atoms with Crippen LogP contribution in [0.3, 0.4) is 0 Å². The van der Waals surface area contributed by atoms with E-state index in [1.165, 1.54) is 3.61 Å². The standard InChI is InChI=1S/C12H14O2Te/c1-3-11(12(13)14-4-2)15-10-8-6-5-7-9-10/h3,5-9H,4H2,1-2H3/b11-3-. The molecule has 0 aliphatic heterocycles. The third kappa shape index (κ3) is 4.07. The van der Waals surface area contributed by atoms with Gasteiger partial charge in [0.1, 0.15) is 0 Å². The molecule has 0 saturated carbocycles. The number of esters is 1. The number of allylic oxidation sites excluding steroid dienone is 1. The Balaban J connectivity index is 2.67. The van der Waals surface area contributed by atoms with Crippen LogP contribution in [0.25, 0.3) is 0 Å². The molecule has 3 heteroatoms. The van der Waals surface area contributed by atoms with Crippen LogP contribution in [0.5, 0.6) is 0 Å². The third-order valence-electron chi connectivity index (χ3n) is 1.71. The van der Waals surface area contributed by atoms with Gasteiger partial charge >= 0.3 is 101 Å². The molecule has 80 valence electrons. The minimum absolute atomic E-state index is 0.161.